The van der Waals surface area contributed by atoms with Gasteiger partial charge in [0.15, 0.2) is 5.78 Å². The summed E-state index contributed by atoms with van der Waals surface area (Å²) in [6.07, 6.45) is 1.64. The molecule has 11 heavy (non-hydrogen) atoms. The topological polar surface area (TPSA) is 43.4 Å². The second kappa shape index (κ2) is 2.49. The summed E-state index contributed by atoms with van der Waals surface area (Å²) in [5.74, 6) is -0.678. The van der Waals surface area contributed by atoms with Gasteiger partial charge < -0.3 is 4.74 Å². The van der Waals surface area contributed by atoms with Crippen molar-refractivity contribution in [1.29, 1.82) is 0 Å². The molecular weight excluding hydrogens is 144 g/mol. The highest BCUT2D eigenvalue weighted by atomic mass is 16.5. The Balaban J connectivity index is 2.89. The fourth-order valence-corrected chi connectivity index (χ4v) is 1.06. The van der Waals surface area contributed by atoms with Gasteiger partial charge >= 0.3 is 5.97 Å². The van der Waals surface area contributed by atoms with Crippen LogP contribution in [0.3, 0.4) is 0 Å². The van der Waals surface area contributed by atoms with E-state index >= 15 is 0 Å². The van der Waals surface area contributed by atoms with E-state index in [9.17, 15) is 9.59 Å². The van der Waals surface area contributed by atoms with Crippen LogP contribution in [0.2, 0.25) is 0 Å². The van der Waals surface area contributed by atoms with Crippen molar-refractivity contribution in [2.45, 2.75) is 13.3 Å². The molecule has 0 saturated carbocycles. The molecule has 1 aliphatic rings. The van der Waals surface area contributed by atoms with Gasteiger partial charge in [-0.25, -0.2) is 0 Å². The summed E-state index contributed by atoms with van der Waals surface area (Å²) in [5, 5.41) is 0. The molecule has 0 spiro atoms. The summed E-state index contributed by atoms with van der Waals surface area (Å²) in [7, 11) is 0. The molecule has 1 unspecified atom stereocenters. The van der Waals surface area contributed by atoms with Crippen LogP contribution < -0.4 is 0 Å². The van der Waals surface area contributed by atoms with Crippen LogP contribution in [0.25, 0.3) is 0 Å². The number of ketones is 1. The smallest absolute Gasteiger partial charge is 0.319 e. The van der Waals surface area contributed by atoms with Gasteiger partial charge in [0.05, 0.1) is 6.61 Å². The zero-order valence-electron chi connectivity index (χ0n) is 6.42. The fourth-order valence-electron chi connectivity index (χ4n) is 1.06. The molecule has 1 fully saturated rings. The van der Waals surface area contributed by atoms with Crippen LogP contribution >= 0.6 is 0 Å². The van der Waals surface area contributed by atoms with Crippen molar-refractivity contribution in [2.24, 2.45) is 5.41 Å². The number of hydrogen-bond acceptors (Lipinski definition) is 3. The van der Waals surface area contributed by atoms with Gasteiger partial charge in [-0.15, -0.1) is 0 Å². The number of esters is 1. The lowest BCUT2D eigenvalue weighted by Crippen LogP contribution is -2.30. The molecule has 0 aromatic carbocycles. The Morgan fingerprint density at radius 1 is 1.82 bits per heavy atom. The van der Waals surface area contributed by atoms with Crippen LogP contribution in [0, 0.1) is 5.41 Å². The van der Waals surface area contributed by atoms with Gasteiger partial charge in [-0.3, -0.25) is 9.59 Å². The Hall–Kier alpha value is -1.12. The fraction of sp³-hybridized carbons (Fsp3) is 0.500. The van der Waals surface area contributed by atoms with Crippen molar-refractivity contribution in [1.82, 2.24) is 0 Å². The van der Waals surface area contributed by atoms with E-state index < -0.39 is 11.4 Å². The molecule has 60 valence electrons. The predicted molar refractivity (Wildman–Crippen MR) is 38.9 cm³/mol. The normalized spacial score (nSPS) is 29.7. The minimum Gasteiger partial charge on any atom is -0.465 e. The first-order chi connectivity index (χ1) is 5.11. The molecule has 0 aliphatic carbocycles. The van der Waals surface area contributed by atoms with Gasteiger partial charge in [0.1, 0.15) is 5.41 Å². The van der Waals surface area contributed by atoms with E-state index in [4.69, 9.17) is 0 Å². The van der Waals surface area contributed by atoms with E-state index in [0.29, 0.717) is 13.0 Å². The average Bonchev–Trinajstić information content (AvgIpc) is 2.32. The summed E-state index contributed by atoms with van der Waals surface area (Å²) in [4.78, 5) is 22.1. The Bertz CT molecular complexity index is 219. The number of hydrogen-bond donors (Lipinski definition) is 0. The largest absolute Gasteiger partial charge is 0.465 e. The zero-order valence-corrected chi connectivity index (χ0v) is 6.42. The molecule has 0 bridgehead atoms. The highest BCUT2D eigenvalue weighted by Crippen LogP contribution is 2.30. The summed E-state index contributed by atoms with van der Waals surface area (Å²) < 4.78 is 4.68. The number of ether oxygens (including phenoxy) is 1. The molecule has 1 atom stereocenters. The minimum absolute atomic E-state index is 0.250. The third-order valence-electron chi connectivity index (χ3n) is 2.01. The first-order valence-electron chi connectivity index (χ1n) is 3.45. The zero-order chi connectivity index (χ0) is 8.48. The van der Waals surface area contributed by atoms with Gasteiger partial charge in [-0.2, -0.15) is 0 Å². The number of carbonyl (C=O) groups excluding carboxylic acids is 2. The van der Waals surface area contributed by atoms with E-state index in [1.165, 1.54) is 6.08 Å². The van der Waals surface area contributed by atoms with Crippen LogP contribution in [0.4, 0.5) is 0 Å². The Morgan fingerprint density at radius 2 is 2.45 bits per heavy atom. The lowest BCUT2D eigenvalue weighted by molar-refractivity contribution is -0.148. The quantitative estimate of drug-likeness (QED) is 0.334. The summed E-state index contributed by atoms with van der Waals surface area (Å²) >= 11 is 0. The van der Waals surface area contributed by atoms with Crippen molar-refractivity contribution in [3.63, 3.8) is 0 Å². The Kier molecular flexibility index (Phi) is 1.81. The minimum atomic E-state index is -0.957. The molecule has 1 rings (SSSR count). The van der Waals surface area contributed by atoms with E-state index in [1.54, 1.807) is 6.92 Å². The van der Waals surface area contributed by atoms with Gasteiger partial charge in [0.25, 0.3) is 0 Å². The molecule has 1 heterocycles. The van der Waals surface area contributed by atoms with Crippen LogP contribution in [-0.4, -0.2) is 18.4 Å². The van der Waals surface area contributed by atoms with Crippen molar-refractivity contribution in [3.8, 4) is 0 Å². The number of cyclic esters (lactones) is 1. The van der Waals surface area contributed by atoms with Crippen molar-refractivity contribution < 1.29 is 14.3 Å². The molecule has 0 amide bonds. The maximum absolute atomic E-state index is 11.1. The highest BCUT2D eigenvalue weighted by molar-refractivity contribution is 6.09. The molecular formula is C8H10O3. The van der Waals surface area contributed by atoms with E-state index in [2.05, 4.69) is 11.3 Å². The molecule has 1 saturated heterocycles. The predicted octanol–water partition coefficient (Wildman–Crippen LogP) is 0.695. The molecule has 0 N–H and O–H groups in total. The maximum atomic E-state index is 11.1. The van der Waals surface area contributed by atoms with Crippen LogP contribution in [0.5, 0.6) is 0 Å². The molecule has 0 aromatic rings. The molecule has 3 heteroatoms. The summed E-state index contributed by atoms with van der Waals surface area (Å²) in [6, 6.07) is 0. The number of rotatable bonds is 2. The third-order valence-corrected chi connectivity index (χ3v) is 2.01. The summed E-state index contributed by atoms with van der Waals surface area (Å²) in [6.45, 7) is 5.26. The van der Waals surface area contributed by atoms with Crippen LogP contribution in [0.1, 0.15) is 13.3 Å². The van der Waals surface area contributed by atoms with Crippen molar-refractivity contribution >= 4 is 11.8 Å². The monoisotopic (exact) mass is 154 g/mol. The molecule has 1 aliphatic heterocycles. The lowest BCUT2D eigenvalue weighted by Gasteiger charge is -2.13. The second-order valence-corrected chi connectivity index (χ2v) is 2.79. The van der Waals surface area contributed by atoms with Crippen LogP contribution in [-0.2, 0) is 14.3 Å². The highest BCUT2D eigenvalue weighted by Gasteiger charge is 2.44. The standard InChI is InChI=1S/C8H10O3/c1-3-6(9)8(2)4-5-11-7(8)10/h3H,1,4-5H2,2H3. The van der Waals surface area contributed by atoms with E-state index in [-0.39, 0.29) is 5.78 Å². The van der Waals surface area contributed by atoms with Gasteiger partial charge in [0.2, 0.25) is 0 Å². The Labute approximate surface area is 65.0 Å². The van der Waals surface area contributed by atoms with Crippen molar-refractivity contribution in [3.05, 3.63) is 12.7 Å². The van der Waals surface area contributed by atoms with Gasteiger partial charge in [0, 0.05) is 6.42 Å². The first-order valence-corrected chi connectivity index (χ1v) is 3.45. The molecule has 3 nitrogen and oxygen atoms in total. The van der Waals surface area contributed by atoms with Gasteiger partial charge in [-0.1, -0.05) is 6.58 Å². The second-order valence-electron chi connectivity index (χ2n) is 2.79. The molecule has 0 aromatic heterocycles. The maximum Gasteiger partial charge on any atom is 0.319 e. The van der Waals surface area contributed by atoms with E-state index in [1.807, 2.05) is 0 Å². The van der Waals surface area contributed by atoms with E-state index in [0.717, 1.165) is 0 Å². The summed E-state index contributed by atoms with van der Waals surface area (Å²) in [5.41, 5.74) is -0.957. The van der Waals surface area contributed by atoms with Gasteiger partial charge in [-0.05, 0) is 13.0 Å². The average molecular weight is 154 g/mol. The third kappa shape index (κ3) is 1.06. The SMILES string of the molecule is C=CC(=O)C1(C)CCOC1=O. The van der Waals surface area contributed by atoms with Crippen LogP contribution in [0.15, 0.2) is 12.7 Å². The number of carbonyl (C=O) groups is 2. The number of allylic oxidation sites excluding steroid dienone is 1. The van der Waals surface area contributed by atoms with Crippen molar-refractivity contribution in [2.75, 3.05) is 6.61 Å². The lowest BCUT2D eigenvalue weighted by atomic mass is 9.84. The first kappa shape index (κ1) is 7.98. The Morgan fingerprint density at radius 3 is 2.82 bits per heavy atom. The molecule has 0 radical (unpaired) electrons.